The second kappa shape index (κ2) is 9.98. The van der Waals surface area contributed by atoms with Crippen LogP contribution in [0.1, 0.15) is 18.1 Å². The van der Waals surface area contributed by atoms with Crippen LogP contribution in [0.15, 0.2) is 84.9 Å². The van der Waals surface area contributed by atoms with Crippen molar-refractivity contribution < 1.29 is 13.2 Å². The van der Waals surface area contributed by atoms with Gasteiger partial charge in [-0.25, -0.2) is 8.42 Å². The van der Waals surface area contributed by atoms with E-state index in [1.165, 1.54) is 0 Å². The van der Waals surface area contributed by atoms with Gasteiger partial charge >= 0.3 is 0 Å². The normalized spacial score (nSPS) is 12.2. The maximum absolute atomic E-state index is 13.6. The van der Waals surface area contributed by atoms with Gasteiger partial charge in [-0.15, -0.1) is 0 Å². The molecule has 5 nitrogen and oxygen atoms in total. The Balaban J connectivity index is 1.94. The first kappa shape index (κ1) is 22.8. The summed E-state index contributed by atoms with van der Waals surface area (Å²) in [6, 6.07) is 24.8. The van der Waals surface area contributed by atoms with E-state index in [0.717, 1.165) is 21.7 Å². The van der Waals surface area contributed by atoms with Crippen LogP contribution in [-0.4, -0.2) is 31.5 Å². The third kappa shape index (κ3) is 6.09. The van der Waals surface area contributed by atoms with Gasteiger partial charge in [-0.2, -0.15) is 0 Å². The van der Waals surface area contributed by atoms with Gasteiger partial charge in [0, 0.05) is 18.1 Å². The fourth-order valence-electron chi connectivity index (χ4n) is 3.47. The minimum Gasteiger partial charge on any atom is -0.332 e. The van der Waals surface area contributed by atoms with Gasteiger partial charge in [-0.1, -0.05) is 72.3 Å². The zero-order chi connectivity index (χ0) is 22.4. The van der Waals surface area contributed by atoms with E-state index in [9.17, 15) is 13.2 Å². The summed E-state index contributed by atoms with van der Waals surface area (Å²) in [6.07, 6.45) is 1.10. The standard InChI is InChI=1S/C24H25ClN2O3S/c1-19(27(31(2,29)30)23-15-13-22(25)14-16-23)24(28)26(17-20-9-5-3-6-10-20)18-21-11-7-4-8-12-21/h3-16,19H,17-18H2,1-2H3/t19-/m0/s1. The number of carbonyl (C=O) groups is 1. The molecule has 0 aliphatic carbocycles. The van der Waals surface area contributed by atoms with E-state index in [4.69, 9.17) is 11.6 Å². The average Bonchev–Trinajstić information content (AvgIpc) is 2.75. The van der Waals surface area contributed by atoms with Crippen molar-refractivity contribution in [2.75, 3.05) is 10.6 Å². The predicted molar refractivity (Wildman–Crippen MR) is 125 cm³/mol. The smallest absolute Gasteiger partial charge is 0.246 e. The van der Waals surface area contributed by atoms with Crippen LogP contribution in [-0.2, 0) is 27.9 Å². The minimum atomic E-state index is -3.71. The monoisotopic (exact) mass is 456 g/mol. The molecule has 3 rings (SSSR count). The number of rotatable bonds is 8. The summed E-state index contributed by atoms with van der Waals surface area (Å²) in [6.45, 7) is 2.36. The lowest BCUT2D eigenvalue weighted by atomic mass is 10.1. The molecule has 0 radical (unpaired) electrons. The third-order valence-electron chi connectivity index (χ3n) is 4.89. The molecule has 0 spiro atoms. The van der Waals surface area contributed by atoms with E-state index in [1.807, 2.05) is 60.7 Å². The third-order valence-corrected chi connectivity index (χ3v) is 6.39. The van der Waals surface area contributed by atoms with Crippen LogP contribution in [0, 0.1) is 0 Å². The molecule has 0 fully saturated rings. The van der Waals surface area contributed by atoms with Crippen molar-refractivity contribution >= 4 is 33.2 Å². The minimum absolute atomic E-state index is 0.284. The summed E-state index contributed by atoms with van der Waals surface area (Å²) in [4.78, 5) is 15.3. The quantitative estimate of drug-likeness (QED) is 0.492. The molecule has 0 saturated carbocycles. The summed E-state index contributed by atoms with van der Waals surface area (Å²) in [5.41, 5.74) is 2.33. The SMILES string of the molecule is C[C@@H](C(=O)N(Cc1ccccc1)Cc1ccccc1)N(c1ccc(Cl)cc1)S(C)(=O)=O. The molecule has 0 saturated heterocycles. The van der Waals surface area contributed by atoms with Gasteiger partial charge in [-0.3, -0.25) is 9.10 Å². The van der Waals surface area contributed by atoms with E-state index in [2.05, 4.69) is 0 Å². The molecule has 0 unspecified atom stereocenters. The molecule has 1 amide bonds. The van der Waals surface area contributed by atoms with Gasteiger partial charge in [0.2, 0.25) is 15.9 Å². The molecule has 0 bridgehead atoms. The Morgan fingerprint density at radius 3 is 1.71 bits per heavy atom. The van der Waals surface area contributed by atoms with Gasteiger partial charge in [0.05, 0.1) is 11.9 Å². The molecule has 0 aliphatic heterocycles. The van der Waals surface area contributed by atoms with Gasteiger partial charge in [0.15, 0.2) is 0 Å². The van der Waals surface area contributed by atoms with Crippen molar-refractivity contribution in [1.82, 2.24) is 4.90 Å². The van der Waals surface area contributed by atoms with Crippen molar-refractivity contribution in [3.05, 3.63) is 101 Å². The van der Waals surface area contributed by atoms with Gasteiger partial charge in [-0.05, 0) is 42.3 Å². The van der Waals surface area contributed by atoms with Crippen LogP contribution in [0.5, 0.6) is 0 Å². The Kier molecular flexibility index (Phi) is 7.36. The van der Waals surface area contributed by atoms with Gasteiger partial charge in [0.25, 0.3) is 0 Å². The topological polar surface area (TPSA) is 57.7 Å². The highest BCUT2D eigenvalue weighted by Crippen LogP contribution is 2.24. The largest absolute Gasteiger partial charge is 0.332 e. The van der Waals surface area contributed by atoms with E-state index in [0.29, 0.717) is 23.8 Å². The number of carbonyl (C=O) groups excluding carboxylic acids is 1. The number of benzene rings is 3. The Morgan fingerprint density at radius 2 is 1.29 bits per heavy atom. The number of nitrogens with zero attached hydrogens (tertiary/aromatic N) is 2. The van der Waals surface area contributed by atoms with E-state index in [-0.39, 0.29) is 5.91 Å². The number of anilines is 1. The van der Waals surface area contributed by atoms with Crippen LogP contribution in [0.4, 0.5) is 5.69 Å². The maximum Gasteiger partial charge on any atom is 0.246 e. The first-order valence-corrected chi connectivity index (χ1v) is 12.1. The van der Waals surface area contributed by atoms with E-state index in [1.54, 1.807) is 36.1 Å². The number of hydrogen-bond donors (Lipinski definition) is 0. The van der Waals surface area contributed by atoms with Crippen molar-refractivity contribution in [3.8, 4) is 0 Å². The molecule has 0 aliphatic rings. The average molecular weight is 457 g/mol. The molecule has 1 atom stereocenters. The number of amides is 1. The van der Waals surface area contributed by atoms with Gasteiger partial charge in [0.1, 0.15) is 6.04 Å². The maximum atomic E-state index is 13.6. The molecule has 0 aromatic heterocycles. The predicted octanol–water partition coefficient (Wildman–Crippen LogP) is 4.72. The van der Waals surface area contributed by atoms with E-state index < -0.39 is 16.1 Å². The van der Waals surface area contributed by atoms with Crippen molar-refractivity contribution in [2.24, 2.45) is 0 Å². The molecule has 3 aromatic carbocycles. The molecular formula is C24H25ClN2O3S. The number of hydrogen-bond acceptors (Lipinski definition) is 3. The molecule has 0 heterocycles. The lowest BCUT2D eigenvalue weighted by Gasteiger charge is -2.33. The summed E-state index contributed by atoms with van der Waals surface area (Å²) in [7, 11) is -3.71. The second-order valence-corrected chi connectivity index (χ2v) is 9.67. The first-order chi connectivity index (χ1) is 14.8. The van der Waals surface area contributed by atoms with Gasteiger partial charge < -0.3 is 4.90 Å². The second-order valence-electron chi connectivity index (χ2n) is 7.38. The summed E-state index contributed by atoms with van der Waals surface area (Å²) < 4.78 is 26.4. The Labute approximate surface area is 188 Å². The van der Waals surface area contributed by atoms with Crippen molar-refractivity contribution in [1.29, 1.82) is 0 Å². The number of halogens is 1. The fourth-order valence-corrected chi connectivity index (χ4v) is 4.77. The zero-order valence-corrected chi connectivity index (χ0v) is 19.1. The summed E-state index contributed by atoms with van der Waals surface area (Å²) in [5.74, 6) is -0.284. The highest BCUT2D eigenvalue weighted by atomic mass is 35.5. The Morgan fingerprint density at radius 1 is 0.839 bits per heavy atom. The van der Waals surface area contributed by atoms with Crippen LogP contribution in [0.3, 0.4) is 0 Å². The number of sulfonamides is 1. The van der Waals surface area contributed by atoms with Crippen LogP contribution >= 0.6 is 11.6 Å². The zero-order valence-electron chi connectivity index (χ0n) is 17.5. The lowest BCUT2D eigenvalue weighted by molar-refractivity contribution is -0.133. The molecule has 0 N–H and O–H groups in total. The molecule has 162 valence electrons. The molecular weight excluding hydrogens is 432 g/mol. The Hall–Kier alpha value is -2.83. The first-order valence-electron chi connectivity index (χ1n) is 9.87. The van der Waals surface area contributed by atoms with E-state index >= 15 is 0 Å². The Bertz CT molecular complexity index is 1060. The summed E-state index contributed by atoms with van der Waals surface area (Å²) in [5, 5.41) is 0.492. The molecule has 31 heavy (non-hydrogen) atoms. The fraction of sp³-hybridized carbons (Fsp3) is 0.208. The van der Waals surface area contributed by atoms with Crippen LogP contribution in [0.2, 0.25) is 5.02 Å². The van der Waals surface area contributed by atoms with Crippen LogP contribution in [0.25, 0.3) is 0 Å². The highest BCUT2D eigenvalue weighted by Gasteiger charge is 2.32. The summed E-state index contributed by atoms with van der Waals surface area (Å²) >= 11 is 5.96. The highest BCUT2D eigenvalue weighted by molar-refractivity contribution is 7.92. The van der Waals surface area contributed by atoms with Crippen molar-refractivity contribution in [2.45, 2.75) is 26.1 Å². The lowest BCUT2D eigenvalue weighted by Crippen LogP contribution is -2.49. The molecule has 3 aromatic rings. The van der Waals surface area contributed by atoms with Crippen LogP contribution < -0.4 is 4.31 Å². The van der Waals surface area contributed by atoms with Crippen molar-refractivity contribution in [3.63, 3.8) is 0 Å². The molecule has 7 heteroatoms.